The molecular formula is C16H23FN2O2. The number of piperidine rings is 1. The first-order chi connectivity index (χ1) is 10.0. The summed E-state index contributed by atoms with van der Waals surface area (Å²) in [7, 11) is 0. The lowest BCUT2D eigenvalue weighted by molar-refractivity contribution is -0.123. The van der Waals surface area contributed by atoms with Crippen molar-refractivity contribution in [2.45, 2.75) is 25.9 Å². The van der Waals surface area contributed by atoms with Gasteiger partial charge in [-0.2, -0.15) is 0 Å². The Morgan fingerprint density at radius 1 is 1.43 bits per heavy atom. The highest BCUT2D eigenvalue weighted by molar-refractivity contribution is 5.78. The molecule has 0 bridgehead atoms. The van der Waals surface area contributed by atoms with E-state index in [1.54, 1.807) is 12.1 Å². The van der Waals surface area contributed by atoms with Gasteiger partial charge in [0.15, 0.2) is 0 Å². The van der Waals surface area contributed by atoms with E-state index in [1.807, 2.05) is 11.8 Å². The summed E-state index contributed by atoms with van der Waals surface area (Å²) in [6.07, 6.45) is 1.26. The summed E-state index contributed by atoms with van der Waals surface area (Å²) in [6, 6.07) is 6.30. The summed E-state index contributed by atoms with van der Waals surface area (Å²) >= 11 is 0. The molecule has 0 aromatic heterocycles. The van der Waals surface area contributed by atoms with Crippen molar-refractivity contribution in [3.05, 3.63) is 35.6 Å². The average molecular weight is 294 g/mol. The number of carbonyl (C=O) groups excluding carboxylic acids is 1. The molecule has 1 fully saturated rings. The Labute approximate surface area is 125 Å². The summed E-state index contributed by atoms with van der Waals surface area (Å²) in [5.74, 6) is 0.0299. The molecule has 1 aromatic rings. The zero-order valence-corrected chi connectivity index (χ0v) is 12.4. The van der Waals surface area contributed by atoms with Crippen LogP contribution in [-0.2, 0) is 11.2 Å². The van der Waals surface area contributed by atoms with Gasteiger partial charge in [-0.05, 0) is 43.0 Å². The number of aliphatic hydroxyl groups is 1. The second-order valence-corrected chi connectivity index (χ2v) is 5.79. The molecule has 0 saturated carbocycles. The summed E-state index contributed by atoms with van der Waals surface area (Å²) in [5, 5.41) is 12.7. The Balaban J connectivity index is 1.67. The first kappa shape index (κ1) is 15.9. The van der Waals surface area contributed by atoms with Gasteiger partial charge >= 0.3 is 0 Å². The number of aliphatic hydroxyl groups excluding tert-OH is 1. The van der Waals surface area contributed by atoms with E-state index >= 15 is 0 Å². The monoisotopic (exact) mass is 294 g/mol. The van der Waals surface area contributed by atoms with Crippen LogP contribution in [0.1, 0.15) is 18.9 Å². The number of hydrogen-bond donors (Lipinski definition) is 2. The van der Waals surface area contributed by atoms with Crippen molar-refractivity contribution in [3.8, 4) is 0 Å². The van der Waals surface area contributed by atoms with Gasteiger partial charge in [-0.3, -0.25) is 9.69 Å². The molecule has 5 heteroatoms. The molecule has 1 heterocycles. The van der Waals surface area contributed by atoms with Crippen molar-refractivity contribution in [3.63, 3.8) is 0 Å². The maximum atomic E-state index is 12.8. The topological polar surface area (TPSA) is 52.6 Å². The van der Waals surface area contributed by atoms with Crippen LogP contribution in [0.4, 0.5) is 4.39 Å². The first-order valence-electron chi connectivity index (χ1n) is 7.46. The SMILES string of the molecule is CC1CCN(CC(=O)NCCc2ccc(F)cc2)CC1O. The molecule has 0 aliphatic carbocycles. The second-order valence-electron chi connectivity index (χ2n) is 5.79. The van der Waals surface area contributed by atoms with E-state index in [-0.39, 0.29) is 17.8 Å². The van der Waals surface area contributed by atoms with E-state index in [2.05, 4.69) is 5.32 Å². The smallest absolute Gasteiger partial charge is 0.234 e. The van der Waals surface area contributed by atoms with Gasteiger partial charge in [0.05, 0.1) is 12.6 Å². The fraction of sp³-hybridized carbons (Fsp3) is 0.562. The third kappa shape index (κ3) is 5.10. The summed E-state index contributed by atoms with van der Waals surface area (Å²) in [5.41, 5.74) is 0.999. The molecular weight excluding hydrogens is 271 g/mol. The number of benzene rings is 1. The van der Waals surface area contributed by atoms with Crippen molar-refractivity contribution in [2.24, 2.45) is 5.92 Å². The molecule has 1 aromatic carbocycles. The van der Waals surface area contributed by atoms with Crippen LogP contribution >= 0.6 is 0 Å². The number of β-amino-alcohol motifs (C(OH)–C–C–N with tert-alkyl or cyclic N) is 1. The lowest BCUT2D eigenvalue weighted by Crippen LogP contribution is -2.47. The minimum atomic E-state index is -0.342. The predicted octanol–water partition coefficient (Wildman–Crippen LogP) is 1.19. The van der Waals surface area contributed by atoms with E-state index < -0.39 is 0 Å². The van der Waals surface area contributed by atoms with Gasteiger partial charge in [0.25, 0.3) is 0 Å². The van der Waals surface area contributed by atoms with Crippen LogP contribution in [0.15, 0.2) is 24.3 Å². The quantitative estimate of drug-likeness (QED) is 0.857. The summed E-state index contributed by atoms with van der Waals surface area (Å²) in [4.78, 5) is 13.8. The third-order valence-electron chi connectivity index (χ3n) is 4.02. The van der Waals surface area contributed by atoms with Crippen molar-refractivity contribution in [1.29, 1.82) is 0 Å². The van der Waals surface area contributed by atoms with Gasteiger partial charge in [-0.15, -0.1) is 0 Å². The fourth-order valence-electron chi connectivity index (χ4n) is 2.51. The first-order valence-corrected chi connectivity index (χ1v) is 7.46. The number of likely N-dealkylation sites (tertiary alicyclic amines) is 1. The molecule has 1 aliphatic rings. The molecule has 0 radical (unpaired) electrons. The minimum Gasteiger partial charge on any atom is -0.392 e. The Morgan fingerprint density at radius 2 is 2.14 bits per heavy atom. The van der Waals surface area contributed by atoms with Gasteiger partial charge in [-0.25, -0.2) is 4.39 Å². The Kier molecular flexibility index (Phi) is 5.70. The zero-order chi connectivity index (χ0) is 15.2. The van der Waals surface area contributed by atoms with Crippen molar-refractivity contribution in [2.75, 3.05) is 26.2 Å². The predicted molar refractivity (Wildman–Crippen MR) is 79.3 cm³/mol. The van der Waals surface area contributed by atoms with E-state index in [9.17, 15) is 14.3 Å². The van der Waals surface area contributed by atoms with Gasteiger partial charge in [0.2, 0.25) is 5.91 Å². The van der Waals surface area contributed by atoms with Gasteiger partial charge in [-0.1, -0.05) is 19.1 Å². The molecule has 1 aliphatic heterocycles. The number of nitrogens with zero attached hydrogens (tertiary/aromatic N) is 1. The number of nitrogens with one attached hydrogen (secondary N) is 1. The highest BCUT2D eigenvalue weighted by Crippen LogP contribution is 2.16. The summed E-state index contributed by atoms with van der Waals surface area (Å²) < 4.78 is 12.8. The largest absolute Gasteiger partial charge is 0.392 e. The van der Waals surface area contributed by atoms with Crippen LogP contribution in [0.3, 0.4) is 0 Å². The molecule has 2 N–H and O–H groups in total. The zero-order valence-electron chi connectivity index (χ0n) is 12.4. The molecule has 21 heavy (non-hydrogen) atoms. The Hall–Kier alpha value is -1.46. The van der Waals surface area contributed by atoms with Crippen LogP contribution in [0, 0.1) is 11.7 Å². The molecule has 1 amide bonds. The lowest BCUT2D eigenvalue weighted by Gasteiger charge is -2.33. The highest BCUT2D eigenvalue weighted by atomic mass is 19.1. The van der Waals surface area contributed by atoms with E-state index in [0.717, 1.165) is 18.5 Å². The molecule has 4 nitrogen and oxygen atoms in total. The summed E-state index contributed by atoms with van der Waals surface area (Å²) in [6.45, 7) is 4.31. The van der Waals surface area contributed by atoms with Crippen LogP contribution < -0.4 is 5.32 Å². The lowest BCUT2D eigenvalue weighted by atomic mass is 9.96. The Bertz CT molecular complexity index is 464. The average Bonchev–Trinajstić information content (AvgIpc) is 2.45. The van der Waals surface area contributed by atoms with E-state index in [1.165, 1.54) is 12.1 Å². The fourth-order valence-corrected chi connectivity index (χ4v) is 2.51. The third-order valence-corrected chi connectivity index (χ3v) is 4.02. The van der Waals surface area contributed by atoms with Gasteiger partial charge in [0, 0.05) is 13.1 Å². The standard InChI is InChI=1S/C16H23FN2O2/c1-12-7-9-19(10-15(12)20)11-16(21)18-8-6-13-2-4-14(17)5-3-13/h2-5,12,15,20H,6-11H2,1H3,(H,18,21). The van der Waals surface area contributed by atoms with Gasteiger partial charge in [0.1, 0.15) is 5.82 Å². The normalized spacial score (nSPS) is 23.0. The molecule has 1 saturated heterocycles. The number of carbonyl (C=O) groups is 1. The van der Waals surface area contributed by atoms with Crippen LogP contribution in [-0.4, -0.2) is 48.2 Å². The minimum absolute atomic E-state index is 0.0288. The van der Waals surface area contributed by atoms with Gasteiger partial charge < -0.3 is 10.4 Å². The molecule has 2 atom stereocenters. The Morgan fingerprint density at radius 3 is 2.81 bits per heavy atom. The van der Waals surface area contributed by atoms with Crippen LogP contribution in [0.5, 0.6) is 0 Å². The number of halogens is 1. The van der Waals surface area contributed by atoms with E-state index in [4.69, 9.17) is 0 Å². The maximum absolute atomic E-state index is 12.8. The number of amides is 1. The number of rotatable bonds is 5. The maximum Gasteiger partial charge on any atom is 0.234 e. The number of hydrogen-bond acceptors (Lipinski definition) is 3. The molecule has 0 spiro atoms. The second kappa shape index (κ2) is 7.52. The van der Waals surface area contributed by atoms with Crippen LogP contribution in [0.2, 0.25) is 0 Å². The van der Waals surface area contributed by atoms with E-state index in [0.29, 0.717) is 32.0 Å². The van der Waals surface area contributed by atoms with Crippen molar-refractivity contribution >= 4 is 5.91 Å². The van der Waals surface area contributed by atoms with Crippen molar-refractivity contribution in [1.82, 2.24) is 10.2 Å². The molecule has 116 valence electrons. The highest BCUT2D eigenvalue weighted by Gasteiger charge is 2.25. The molecule has 2 unspecified atom stereocenters. The molecule has 2 rings (SSSR count). The van der Waals surface area contributed by atoms with Crippen molar-refractivity contribution < 1.29 is 14.3 Å². The van der Waals surface area contributed by atoms with Crippen LogP contribution in [0.25, 0.3) is 0 Å².